The van der Waals surface area contributed by atoms with E-state index in [-0.39, 0.29) is 0 Å². The first kappa shape index (κ1) is 18.4. The maximum atomic E-state index is 12.1. The molecule has 4 heteroatoms. The van der Waals surface area contributed by atoms with E-state index < -0.39 is 0 Å². The predicted octanol–water partition coefficient (Wildman–Crippen LogP) is 2.47. The Morgan fingerprint density at radius 1 is 1.10 bits per heavy atom. The smallest absolute Gasteiger partial charge is 0.222 e. The molecule has 0 bridgehead atoms. The summed E-state index contributed by atoms with van der Waals surface area (Å²) in [6.45, 7) is 10.9. The van der Waals surface area contributed by atoms with E-state index in [1.54, 1.807) is 0 Å². The van der Waals surface area contributed by atoms with Crippen molar-refractivity contribution in [2.45, 2.75) is 65.3 Å². The highest BCUT2D eigenvalue weighted by Gasteiger charge is 2.28. The molecular weight excluding hydrogens is 262 g/mol. The Bertz CT molecular complexity index is 292. The summed E-state index contributed by atoms with van der Waals surface area (Å²) < 4.78 is 0. The second-order valence-corrected chi connectivity index (χ2v) is 6.15. The van der Waals surface area contributed by atoms with E-state index in [2.05, 4.69) is 11.8 Å². The largest absolute Gasteiger partial charge is 0.343 e. The van der Waals surface area contributed by atoms with Crippen molar-refractivity contribution < 1.29 is 4.79 Å². The summed E-state index contributed by atoms with van der Waals surface area (Å²) in [4.78, 5) is 16.6. The van der Waals surface area contributed by atoms with Crippen LogP contribution < -0.4 is 5.73 Å². The Hall–Kier alpha value is -0.610. The molecule has 0 radical (unpaired) electrons. The summed E-state index contributed by atoms with van der Waals surface area (Å²) in [7, 11) is 0. The van der Waals surface area contributed by atoms with Crippen molar-refractivity contribution in [3.63, 3.8) is 0 Å². The maximum absolute atomic E-state index is 12.1. The fourth-order valence-electron chi connectivity index (χ4n) is 3.67. The van der Waals surface area contributed by atoms with Gasteiger partial charge in [0.25, 0.3) is 0 Å². The summed E-state index contributed by atoms with van der Waals surface area (Å²) in [5, 5.41) is 0. The highest BCUT2D eigenvalue weighted by atomic mass is 16.2. The molecule has 0 heterocycles. The monoisotopic (exact) mass is 297 g/mol. The molecule has 2 N–H and O–H groups in total. The molecule has 1 aliphatic carbocycles. The van der Waals surface area contributed by atoms with E-state index in [1.165, 1.54) is 25.7 Å². The third-order valence-electron chi connectivity index (χ3n) is 5.00. The Morgan fingerprint density at radius 2 is 1.76 bits per heavy atom. The van der Waals surface area contributed by atoms with Crippen molar-refractivity contribution in [2.75, 3.05) is 32.7 Å². The number of rotatable bonds is 9. The van der Waals surface area contributed by atoms with E-state index in [4.69, 9.17) is 5.73 Å². The molecule has 0 aromatic heterocycles. The van der Waals surface area contributed by atoms with Crippen LogP contribution in [0.15, 0.2) is 0 Å². The standard InChI is InChI=1S/C17H35N3O/c1-4-19(5-2)17(21)12-9-13-20(6-3)16-11-8-7-10-15(16)14-18/h15-16H,4-14,18H2,1-3H3. The third kappa shape index (κ3) is 5.59. The average molecular weight is 297 g/mol. The molecular formula is C17H35N3O. The predicted molar refractivity (Wildman–Crippen MR) is 89.2 cm³/mol. The summed E-state index contributed by atoms with van der Waals surface area (Å²) in [6, 6.07) is 0.636. The van der Waals surface area contributed by atoms with Crippen LogP contribution in [-0.4, -0.2) is 54.5 Å². The Kier molecular flexibility index (Phi) is 8.93. The van der Waals surface area contributed by atoms with Gasteiger partial charge in [-0.25, -0.2) is 0 Å². The molecule has 0 aromatic rings. The second kappa shape index (κ2) is 10.2. The van der Waals surface area contributed by atoms with Gasteiger partial charge < -0.3 is 15.5 Å². The molecule has 4 nitrogen and oxygen atoms in total. The lowest BCUT2D eigenvalue weighted by Gasteiger charge is -2.39. The van der Waals surface area contributed by atoms with Crippen LogP contribution in [0.5, 0.6) is 0 Å². The lowest BCUT2D eigenvalue weighted by atomic mass is 9.83. The first-order valence-electron chi connectivity index (χ1n) is 8.89. The van der Waals surface area contributed by atoms with Gasteiger partial charge in [0.05, 0.1) is 0 Å². The van der Waals surface area contributed by atoms with Crippen molar-refractivity contribution in [3.05, 3.63) is 0 Å². The molecule has 1 fully saturated rings. The van der Waals surface area contributed by atoms with E-state index >= 15 is 0 Å². The summed E-state index contributed by atoms with van der Waals surface area (Å²) >= 11 is 0. The zero-order valence-corrected chi connectivity index (χ0v) is 14.3. The zero-order valence-electron chi connectivity index (χ0n) is 14.3. The molecule has 1 amide bonds. The molecule has 1 saturated carbocycles. The quantitative estimate of drug-likeness (QED) is 0.711. The fraction of sp³-hybridized carbons (Fsp3) is 0.941. The van der Waals surface area contributed by atoms with Gasteiger partial charge in [0.2, 0.25) is 5.91 Å². The number of carbonyl (C=O) groups is 1. The first-order valence-corrected chi connectivity index (χ1v) is 8.89. The lowest BCUT2D eigenvalue weighted by molar-refractivity contribution is -0.131. The minimum absolute atomic E-state index is 0.301. The molecule has 2 unspecified atom stereocenters. The highest BCUT2D eigenvalue weighted by molar-refractivity contribution is 5.76. The summed E-state index contributed by atoms with van der Waals surface area (Å²) in [5.74, 6) is 0.951. The number of hydrogen-bond acceptors (Lipinski definition) is 3. The Labute approximate surface area is 131 Å². The number of amides is 1. The van der Waals surface area contributed by atoms with Crippen LogP contribution in [0.2, 0.25) is 0 Å². The number of nitrogens with two attached hydrogens (primary N) is 1. The van der Waals surface area contributed by atoms with Crippen molar-refractivity contribution >= 4 is 5.91 Å². The minimum Gasteiger partial charge on any atom is -0.343 e. The van der Waals surface area contributed by atoms with Gasteiger partial charge in [0.15, 0.2) is 0 Å². The van der Waals surface area contributed by atoms with E-state index in [0.717, 1.165) is 39.1 Å². The Balaban J connectivity index is 2.41. The molecule has 1 rings (SSSR count). The molecule has 1 aliphatic rings. The van der Waals surface area contributed by atoms with Crippen molar-refractivity contribution in [1.29, 1.82) is 0 Å². The fourth-order valence-corrected chi connectivity index (χ4v) is 3.67. The van der Waals surface area contributed by atoms with E-state index in [1.807, 2.05) is 18.7 Å². The molecule has 2 atom stereocenters. The molecule has 0 aliphatic heterocycles. The first-order chi connectivity index (χ1) is 10.2. The minimum atomic E-state index is 0.301. The SMILES string of the molecule is CCN(CC)C(=O)CCCN(CC)C1CCCCC1CN. The van der Waals surface area contributed by atoms with Crippen LogP contribution >= 0.6 is 0 Å². The Morgan fingerprint density at radius 3 is 2.33 bits per heavy atom. The van der Waals surface area contributed by atoms with Gasteiger partial charge >= 0.3 is 0 Å². The second-order valence-electron chi connectivity index (χ2n) is 6.15. The van der Waals surface area contributed by atoms with E-state index in [0.29, 0.717) is 24.3 Å². The number of carbonyl (C=O) groups excluding carboxylic acids is 1. The van der Waals surface area contributed by atoms with Gasteiger partial charge in [-0.05, 0) is 58.7 Å². The molecule has 0 aromatic carbocycles. The van der Waals surface area contributed by atoms with Crippen molar-refractivity contribution in [1.82, 2.24) is 9.80 Å². The maximum Gasteiger partial charge on any atom is 0.222 e. The van der Waals surface area contributed by atoms with E-state index in [9.17, 15) is 4.79 Å². The van der Waals surface area contributed by atoms with Crippen LogP contribution in [0.4, 0.5) is 0 Å². The average Bonchev–Trinajstić information content (AvgIpc) is 2.53. The van der Waals surface area contributed by atoms with Gasteiger partial charge in [0.1, 0.15) is 0 Å². The number of hydrogen-bond donors (Lipinski definition) is 1. The van der Waals surface area contributed by atoms with Crippen LogP contribution in [0.1, 0.15) is 59.3 Å². The lowest BCUT2D eigenvalue weighted by Crippen LogP contribution is -2.45. The van der Waals surface area contributed by atoms with Crippen molar-refractivity contribution in [3.8, 4) is 0 Å². The van der Waals surface area contributed by atoms with Crippen LogP contribution in [-0.2, 0) is 4.79 Å². The molecule has 21 heavy (non-hydrogen) atoms. The van der Waals surface area contributed by atoms with Gasteiger partial charge in [-0.2, -0.15) is 0 Å². The van der Waals surface area contributed by atoms with Crippen molar-refractivity contribution in [2.24, 2.45) is 11.7 Å². The third-order valence-corrected chi connectivity index (χ3v) is 5.00. The molecule has 124 valence electrons. The van der Waals surface area contributed by atoms with Gasteiger partial charge in [-0.1, -0.05) is 19.8 Å². The molecule has 0 saturated heterocycles. The normalized spacial score (nSPS) is 22.5. The van der Waals surface area contributed by atoms with Crippen LogP contribution in [0.25, 0.3) is 0 Å². The van der Waals surface area contributed by atoms with Crippen LogP contribution in [0, 0.1) is 5.92 Å². The summed E-state index contributed by atoms with van der Waals surface area (Å²) in [5.41, 5.74) is 5.95. The summed E-state index contributed by atoms with van der Waals surface area (Å²) in [6.07, 6.45) is 6.86. The van der Waals surface area contributed by atoms with Gasteiger partial charge in [-0.3, -0.25) is 4.79 Å². The topological polar surface area (TPSA) is 49.6 Å². The number of nitrogens with zero attached hydrogens (tertiary/aromatic N) is 2. The highest BCUT2D eigenvalue weighted by Crippen LogP contribution is 2.28. The zero-order chi connectivity index (χ0) is 15.7. The molecule has 0 spiro atoms. The van der Waals surface area contributed by atoms with Gasteiger partial charge in [0, 0.05) is 25.6 Å². The van der Waals surface area contributed by atoms with Gasteiger partial charge in [-0.15, -0.1) is 0 Å². The van der Waals surface area contributed by atoms with Crippen LogP contribution in [0.3, 0.4) is 0 Å².